The van der Waals surface area contributed by atoms with Gasteiger partial charge in [-0.05, 0) is 42.0 Å². The summed E-state index contributed by atoms with van der Waals surface area (Å²) >= 11 is 11.8. The molecule has 0 heterocycles. The Labute approximate surface area is 127 Å². The molecule has 0 aliphatic rings. The van der Waals surface area contributed by atoms with Crippen LogP contribution in [0.4, 0.5) is 10.5 Å². The van der Waals surface area contributed by atoms with Crippen molar-refractivity contribution in [1.82, 2.24) is 5.32 Å². The first kappa shape index (κ1) is 14.4. The van der Waals surface area contributed by atoms with E-state index in [0.29, 0.717) is 15.7 Å². The lowest BCUT2D eigenvalue weighted by atomic mass is 10.2. The van der Waals surface area contributed by atoms with Crippen LogP contribution in [0.3, 0.4) is 0 Å². The van der Waals surface area contributed by atoms with Crippen molar-refractivity contribution < 1.29 is 4.79 Å². The van der Waals surface area contributed by atoms with Crippen LogP contribution in [0.15, 0.2) is 54.7 Å². The first-order valence-corrected chi connectivity index (χ1v) is 6.65. The van der Waals surface area contributed by atoms with Gasteiger partial charge in [-0.15, -0.1) is 0 Å². The summed E-state index contributed by atoms with van der Waals surface area (Å²) in [6, 6.07) is 13.9. The van der Waals surface area contributed by atoms with Crippen LogP contribution in [0.25, 0.3) is 6.08 Å². The lowest BCUT2D eigenvalue weighted by molar-refractivity contribution is 0.255. The number of carbonyl (C=O) groups is 1. The summed E-state index contributed by atoms with van der Waals surface area (Å²) < 4.78 is 0. The fourth-order valence-corrected chi connectivity index (χ4v) is 1.84. The Bertz CT molecular complexity index is 624. The smallest absolute Gasteiger partial charge is 0.314 e. The number of nitrogens with one attached hydrogen (secondary N) is 2. The van der Waals surface area contributed by atoms with E-state index in [9.17, 15) is 4.79 Å². The maximum atomic E-state index is 11.6. The zero-order valence-electron chi connectivity index (χ0n) is 10.4. The van der Waals surface area contributed by atoms with Crippen molar-refractivity contribution >= 4 is 41.0 Å². The average Bonchev–Trinajstić information content (AvgIpc) is 2.43. The summed E-state index contributed by atoms with van der Waals surface area (Å²) in [5, 5.41) is 6.52. The molecule has 0 unspecified atom stereocenters. The highest BCUT2D eigenvalue weighted by atomic mass is 35.5. The largest absolute Gasteiger partial charge is 0.323 e. The van der Waals surface area contributed by atoms with Gasteiger partial charge in [-0.1, -0.05) is 41.4 Å². The van der Waals surface area contributed by atoms with Gasteiger partial charge in [-0.2, -0.15) is 0 Å². The lowest BCUT2D eigenvalue weighted by Gasteiger charge is -2.04. The number of rotatable bonds is 3. The molecule has 0 atom stereocenters. The summed E-state index contributed by atoms with van der Waals surface area (Å²) in [5.41, 5.74) is 1.50. The predicted octanol–water partition coefficient (Wildman–Crippen LogP) is 4.79. The van der Waals surface area contributed by atoms with Crippen LogP contribution in [0.5, 0.6) is 0 Å². The van der Waals surface area contributed by atoms with Gasteiger partial charge in [-0.25, -0.2) is 4.79 Å². The Hall–Kier alpha value is -1.97. The molecule has 102 valence electrons. The molecule has 2 aromatic rings. The van der Waals surface area contributed by atoms with Crippen LogP contribution in [-0.2, 0) is 0 Å². The first-order valence-electron chi connectivity index (χ1n) is 5.89. The summed E-state index contributed by atoms with van der Waals surface area (Å²) in [6.45, 7) is 0. The van der Waals surface area contributed by atoms with Gasteiger partial charge in [0, 0.05) is 21.9 Å². The van der Waals surface area contributed by atoms with E-state index in [1.54, 1.807) is 36.4 Å². The van der Waals surface area contributed by atoms with E-state index in [-0.39, 0.29) is 6.03 Å². The normalized spacial score (nSPS) is 10.5. The molecule has 0 fully saturated rings. The highest BCUT2D eigenvalue weighted by Crippen LogP contribution is 2.16. The van der Waals surface area contributed by atoms with E-state index >= 15 is 0 Å². The molecular formula is C15H12Cl2N2O. The maximum Gasteiger partial charge on any atom is 0.323 e. The van der Waals surface area contributed by atoms with Gasteiger partial charge >= 0.3 is 6.03 Å². The highest BCUT2D eigenvalue weighted by Gasteiger charge is 1.99. The molecule has 0 spiro atoms. The van der Waals surface area contributed by atoms with Crippen molar-refractivity contribution in [2.24, 2.45) is 0 Å². The highest BCUT2D eigenvalue weighted by molar-refractivity contribution is 6.32. The fourth-order valence-electron chi connectivity index (χ4n) is 1.52. The summed E-state index contributed by atoms with van der Waals surface area (Å²) in [6.07, 6.45) is 3.26. The molecule has 2 N–H and O–H groups in total. The van der Waals surface area contributed by atoms with Crippen molar-refractivity contribution in [3.8, 4) is 0 Å². The molecule has 2 aromatic carbocycles. The molecule has 5 heteroatoms. The zero-order chi connectivity index (χ0) is 14.4. The topological polar surface area (TPSA) is 41.1 Å². The molecule has 0 aliphatic heterocycles. The molecule has 0 bridgehead atoms. The van der Waals surface area contributed by atoms with Crippen LogP contribution >= 0.6 is 23.2 Å². The number of amides is 2. The Morgan fingerprint density at radius 3 is 2.40 bits per heavy atom. The molecule has 0 radical (unpaired) electrons. The van der Waals surface area contributed by atoms with Gasteiger partial charge in [0.2, 0.25) is 0 Å². The molecule has 2 rings (SSSR count). The van der Waals surface area contributed by atoms with Crippen LogP contribution in [-0.4, -0.2) is 6.03 Å². The summed E-state index contributed by atoms with van der Waals surface area (Å²) in [5.74, 6) is 0. The second kappa shape index (κ2) is 6.98. The van der Waals surface area contributed by atoms with Gasteiger partial charge in [-0.3, -0.25) is 0 Å². The van der Waals surface area contributed by atoms with E-state index in [0.717, 1.165) is 5.56 Å². The van der Waals surface area contributed by atoms with Crippen LogP contribution in [0.2, 0.25) is 10.0 Å². The monoisotopic (exact) mass is 306 g/mol. The van der Waals surface area contributed by atoms with Crippen molar-refractivity contribution in [1.29, 1.82) is 0 Å². The third kappa shape index (κ3) is 4.30. The van der Waals surface area contributed by atoms with Crippen LogP contribution in [0, 0.1) is 0 Å². The minimum Gasteiger partial charge on any atom is -0.314 e. The van der Waals surface area contributed by atoms with Crippen molar-refractivity contribution in [3.05, 3.63) is 70.3 Å². The fraction of sp³-hybridized carbons (Fsp3) is 0. The maximum absolute atomic E-state index is 11.6. The Kier molecular flexibility index (Phi) is 5.04. The second-order valence-electron chi connectivity index (χ2n) is 3.96. The van der Waals surface area contributed by atoms with E-state index in [4.69, 9.17) is 23.2 Å². The Balaban J connectivity index is 1.89. The number of carbonyl (C=O) groups excluding carboxylic acids is 1. The molecule has 0 aliphatic carbocycles. The van der Waals surface area contributed by atoms with Gasteiger partial charge in [0.05, 0.1) is 0 Å². The quantitative estimate of drug-likeness (QED) is 0.841. The molecule has 3 nitrogen and oxygen atoms in total. The van der Waals surface area contributed by atoms with Crippen molar-refractivity contribution in [2.45, 2.75) is 0 Å². The van der Waals surface area contributed by atoms with E-state index in [2.05, 4.69) is 10.6 Å². The van der Waals surface area contributed by atoms with Crippen molar-refractivity contribution in [3.63, 3.8) is 0 Å². The summed E-state index contributed by atoms with van der Waals surface area (Å²) in [7, 11) is 0. The minimum absolute atomic E-state index is 0.337. The standard InChI is InChI=1S/C15H12Cl2N2O/c16-12-5-7-13(8-6-12)19-15(20)18-10-9-11-3-1-2-4-14(11)17/h1-10H,(H2,18,19,20)/b10-9+. The number of hydrogen-bond acceptors (Lipinski definition) is 1. The predicted molar refractivity (Wildman–Crippen MR) is 84.1 cm³/mol. The van der Waals surface area contributed by atoms with Crippen LogP contribution in [0.1, 0.15) is 5.56 Å². The molecule has 0 aromatic heterocycles. The molecule has 0 saturated carbocycles. The van der Waals surface area contributed by atoms with E-state index in [1.807, 2.05) is 18.2 Å². The Morgan fingerprint density at radius 2 is 1.70 bits per heavy atom. The molecule has 0 saturated heterocycles. The van der Waals surface area contributed by atoms with Gasteiger partial charge in [0.1, 0.15) is 0 Å². The number of benzene rings is 2. The third-order valence-corrected chi connectivity index (χ3v) is 3.08. The van der Waals surface area contributed by atoms with Gasteiger partial charge in [0.25, 0.3) is 0 Å². The summed E-state index contributed by atoms with van der Waals surface area (Å²) in [4.78, 5) is 11.6. The third-order valence-electron chi connectivity index (χ3n) is 2.48. The lowest BCUT2D eigenvalue weighted by Crippen LogP contribution is -2.23. The van der Waals surface area contributed by atoms with Crippen molar-refractivity contribution in [2.75, 3.05) is 5.32 Å². The number of halogens is 2. The number of urea groups is 1. The van der Waals surface area contributed by atoms with Crippen LogP contribution < -0.4 is 10.6 Å². The Morgan fingerprint density at radius 1 is 1.00 bits per heavy atom. The zero-order valence-corrected chi connectivity index (χ0v) is 11.9. The first-order chi connectivity index (χ1) is 9.65. The van der Waals surface area contributed by atoms with Gasteiger partial charge in [0.15, 0.2) is 0 Å². The number of anilines is 1. The van der Waals surface area contributed by atoms with E-state index < -0.39 is 0 Å². The van der Waals surface area contributed by atoms with E-state index in [1.165, 1.54) is 6.20 Å². The molecule has 2 amide bonds. The SMILES string of the molecule is O=C(N/C=C/c1ccccc1Cl)Nc1ccc(Cl)cc1. The minimum atomic E-state index is -0.337. The molecular weight excluding hydrogens is 295 g/mol. The van der Waals surface area contributed by atoms with Gasteiger partial charge < -0.3 is 10.6 Å². The second-order valence-corrected chi connectivity index (χ2v) is 4.80. The average molecular weight is 307 g/mol. The number of hydrogen-bond donors (Lipinski definition) is 2. The molecule has 20 heavy (non-hydrogen) atoms.